The Morgan fingerprint density at radius 2 is 0.878 bits per heavy atom. The second-order valence-corrected chi connectivity index (χ2v) is 13.3. The molecule has 1 aromatic heterocycles. The van der Waals surface area contributed by atoms with Crippen LogP contribution in [0.25, 0.3) is 109 Å². The van der Waals surface area contributed by atoms with Crippen molar-refractivity contribution in [2.75, 3.05) is 0 Å². The highest BCUT2D eigenvalue weighted by Crippen LogP contribution is 2.43. The van der Waals surface area contributed by atoms with Gasteiger partial charge in [0.05, 0.1) is 0 Å². The number of rotatable bonds is 3. The van der Waals surface area contributed by atoms with Gasteiger partial charge in [-0.2, -0.15) is 0 Å². The van der Waals surface area contributed by atoms with Crippen molar-refractivity contribution in [3.8, 4) is 33.4 Å². The SMILES string of the molecule is c1ccc2cc(-c3cc(-c4ccc(-c5ccc6ccc7cccc8ccc5c6c78)cc4)cc4c3oc3cc5ccccc5cc34)ccc2c1. The lowest BCUT2D eigenvalue weighted by Crippen LogP contribution is -1.88. The Balaban J connectivity index is 1.11. The number of hydrogen-bond acceptors (Lipinski definition) is 1. The van der Waals surface area contributed by atoms with Gasteiger partial charge in [0.2, 0.25) is 0 Å². The standard InChI is InChI=1S/C48H28O/c1-2-7-35-24-38(19-14-29(35)6-1)42-26-39(27-44-43-25-36-8-3-4-9-37(36)28-45(43)49-48(42)44)30-12-15-31(16-13-30)40-22-20-34-18-17-32-10-5-11-33-21-23-41(40)47(34)46(32)33/h1-28H. The topological polar surface area (TPSA) is 13.1 Å². The molecule has 0 radical (unpaired) electrons. The van der Waals surface area contributed by atoms with Crippen molar-refractivity contribution in [1.29, 1.82) is 0 Å². The van der Waals surface area contributed by atoms with Gasteiger partial charge in [-0.1, -0.05) is 140 Å². The molecular weight excluding hydrogens is 593 g/mol. The summed E-state index contributed by atoms with van der Waals surface area (Å²) < 4.78 is 6.72. The third kappa shape index (κ3) is 4.00. The summed E-state index contributed by atoms with van der Waals surface area (Å²) in [5, 5.41) is 15.0. The van der Waals surface area contributed by atoms with Gasteiger partial charge in [-0.3, -0.25) is 0 Å². The Bertz CT molecular complexity index is 3070. The van der Waals surface area contributed by atoms with Crippen molar-refractivity contribution in [3.05, 3.63) is 170 Å². The summed E-state index contributed by atoms with van der Waals surface area (Å²) in [4.78, 5) is 0. The largest absolute Gasteiger partial charge is 0.455 e. The first-order valence-corrected chi connectivity index (χ1v) is 16.9. The quantitative estimate of drug-likeness (QED) is 0.179. The highest BCUT2D eigenvalue weighted by Gasteiger charge is 2.17. The van der Waals surface area contributed by atoms with Crippen LogP contribution in [0.4, 0.5) is 0 Å². The Labute approximate surface area is 282 Å². The fourth-order valence-corrected chi connectivity index (χ4v) is 8.13. The normalized spacial score (nSPS) is 12.1. The van der Waals surface area contributed by atoms with Crippen LogP contribution in [0.2, 0.25) is 0 Å². The molecule has 0 fully saturated rings. The zero-order chi connectivity index (χ0) is 32.1. The van der Waals surface area contributed by atoms with Crippen LogP contribution in [0.15, 0.2) is 174 Å². The average molecular weight is 621 g/mol. The molecule has 1 heterocycles. The number of hydrogen-bond donors (Lipinski definition) is 0. The van der Waals surface area contributed by atoms with E-state index in [9.17, 15) is 0 Å². The van der Waals surface area contributed by atoms with Gasteiger partial charge in [-0.25, -0.2) is 0 Å². The fraction of sp³-hybridized carbons (Fsp3) is 0. The molecule has 226 valence electrons. The van der Waals surface area contributed by atoms with E-state index in [0.29, 0.717) is 0 Å². The van der Waals surface area contributed by atoms with Crippen molar-refractivity contribution >= 4 is 75.8 Å². The first-order valence-electron chi connectivity index (χ1n) is 16.9. The molecule has 0 unspecified atom stereocenters. The van der Waals surface area contributed by atoms with Gasteiger partial charge in [-0.05, 0) is 112 Å². The maximum absolute atomic E-state index is 6.72. The van der Waals surface area contributed by atoms with E-state index in [1.54, 1.807) is 0 Å². The second-order valence-electron chi connectivity index (χ2n) is 13.3. The first kappa shape index (κ1) is 26.6. The van der Waals surface area contributed by atoms with Crippen molar-refractivity contribution < 1.29 is 4.42 Å². The molecule has 0 bridgehead atoms. The molecule has 0 aliphatic heterocycles. The van der Waals surface area contributed by atoms with Crippen LogP contribution < -0.4 is 0 Å². The van der Waals surface area contributed by atoms with Gasteiger partial charge < -0.3 is 4.42 Å². The summed E-state index contributed by atoms with van der Waals surface area (Å²) >= 11 is 0. The summed E-state index contributed by atoms with van der Waals surface area (Å²) in [6.45, 7) is 0. The second kappa shape index (κ2) is 10.0. The van der Waals surface area contributed by atoms with Gasteiger partial charge in [0.15, 0.2) is 0 Å². The first-order chi connectivity index (χ1) is 24.2. The van der Waals surface area contributed by atoms with Crippen LogP contribution in [-0.4, -0.2) is 0 Å². The molecular formula is C48H28O. The smallest absolute Gasteiger partial charge is 0.143 e. The van der Waals surface area contributed by atoms with Crippen LogP contribution in [0.3, 0.4) is 0 Å². The predicted molar refractivity (Wildman–Crippen MR) is 209 cm³/mol. The zero-order valence-electron chi connectivity index (χ0n) is 26.6. The molecule has 0 atom stereocenters. The molecule has 0 aliphatic carbocycles. The highest BCUT2D eigenvalue weighted by molar-refractivity contribution is 6.25. The van der Waals surface area contributed by atoms with Gasteiger partial charge in [-0.15, -0.1) is 0 Å². The fourth-order valence-electron chi connectivity index (χ4n) is 8.13. The number of benzene rings is 10. The molecule has 0 aliphatic rings. The number of furan rings is 1. The lowest BCUT2D eigenvalue weighted by Gasteiger charge is -2.14. The third-order valence-corrected chi connectivity index (χ3v) is 10.6. The maximum Gasteiger partial charge on any atom is 0.143 e. The Kier molecular flexibility index (Phi) is 5.45. The van der Waals surface area contributed by atoms with Crippen LogP contribution in [0.1, 0.15) is 0 Å². The van der Waals surface area contributed by atoms with Gasteiger partial charge in [0.1, 0.15) is 11.2 Å². The van der Waals surface area contributed by atoms with Crippen molar-refractivity contribution in [1.82, 2.24) is 0 Å². The summed E-state index contributed by atoms with van der Waals surface area (Å²) in [6, 6.07) is 62.2. The Morgan fingerprint density at radius 3 is 1.67 bits per heavy atom. The minimum absolute atomic E-state index is 0.914. The van der Waals surface area contributed by atoms with E-state index < -0.39 is 0 Å². The molecule has 11 rings (SSSR count). The number of fused-ring (bicyclic) bond motifs is 5. The van der Waals surface area contributed by atoms with Crippen molar-refractivity contribution in [2.45, 2.75) is 0 Å². The van der Waals surface area contributed by atoms with Crippen LogP contribution in [-0.2, 0) is 0 Å². The minimum atomic E-state index is 0.914. The predicted octanol–water partition coefficient (Wildman–Crippen LogP) is 13.8. The molecule has 0 saturated heterocycles. The van der Waals surface area contributed by atoms with Gasteiger partial charge >= 0.3 is 0 Å². The summed E-state index contributed by atoms with van der Waals surface area (Å²) in [5.74, 6) is 0. The summed E-state index contributed by atoms with van der Waals surface area (Å²) in [7, 11) is 0. The van der Waals surface area contributed by atoms with Crippen molar-refractivity contribution in [3.63, 3.8) is 0 Å². The molecule has 0 spiro atoms. The molecule has 10 aromatic carbocycles. The molecule has 1 heteroatoms. The van der Waals surface area contributed by atoms with E-state index in [0.717, 1.165) is 33.1 Å². The highest BCUT2D eigenvalue weighted by atomic mass is 16.3. The van der Waals surface area contributed by atoms with Crippen LogP contribution >= 0.6 is 0 Å². The third-order valence-electron chi connectivity index (χ3n) is 10.6. The molecule has 0 saturated carbocycles. The monoisotopic (exact) mass is 620 g/mol. The zero-order valence-corrected chi connectivity index (χ0v) is 26.6. The molecule has 0 amide bonds. The summed E-state index contributed by atoms with van der Waals surface area (Å²) in [5.41, 5.74) is 8.93. The van der Waals surface area contributed by atoms with Gasteiger partial charge in [0, 0.05) is 16.3 Å². The molecule has 49 heavy (non-hydrogen) atoms. The minimum Gasteiger partial charge on any atom is -0.455 e. The van der Waals surface area contributed by atoms with Crippen molar-refractivity contribution in [2.24, 2.45) is 0 Å². The summed E-state index contributed by atoms with van der Waals surface area (Å²) in [6.07, 6.45) is 0. The van der Waals surface area contributed by atoms with E-state index >= 15 is 0 Å². The van der Waals surface area contributed by atoms with E-state index in [4.69, 9.17) is 4.42 Å². The Hall–Kier alpha value is -6.44. The Morgan fingerprint density at radius 1 is 0.286 bits per heavy atom. The van der Waals surface area contributed by atoms with Crippen LogP contribution in [0.5, 0.6) is 0 Å². The molecule has 0 N–H and O–H groups in total. The van der Waals surface area contributed by atoms with Crippen LogP contribution in [0, 0.1) is 0 Å². The maximum atomic E-state index is 6.72. The van der Waals surface area contributed by atoms with Gasteiger partial charge in [0.25, 0.3) is 0 Å². The molecule has 11 aromatic rings. The average Bonchev–Trinajstić information content (AvgIpc) is 3.52. The van der Waals surface area contributed by atoms with E-state index in [2.05, 4.69) is 170 Å². The molecule has 1 nitrogen and oxygen atoms in total. The lowest BCUT2D eigenvalue weighted by atomic mass is 9.89. The lowest BCUT2D eigenvalue weighted by molar-refractivity contribution is 0.670. The van der Waals surface area contributed by atoms with E-state index in [-0.39, 0.29) is 0 Å². The van der Waals surface area contributed by atoms with E-state index in [1.165, 1.54) is 76.1 Å². The van der Waals surface area contributed by atoms with E-state index in [1.807, 2.05) is 0 Å².